The maximum absolute atomic E-state index is 14.1. The van der Waals surface area contributed by atoms with E-state index in [4.69, 9.17) is 9.84 Å². The molecule has 1 fully saturated rings. The first-order valence-corrected chi connectivity index (χ1v) is 8.16. The molecule has 1 saturated heterocycles. The number of sulfonamides is 1. The molecule has 0 saturated carbocycles. The lowest BCUT2D eigenvalue weighted by Gasteiger charge is -2.26. The van der Waals surface area contributed by atoms with Crippen LogP contribution < -0.4 is 4.83 Å². The summed E-state index contributed by atoms with van der Waals surface area (Å²) in [6.07, 6.45) is 0. The molecule has 0 aliphatic carbocycles. The third-order valence-electron chi connectivity index (χ3n) is 2.78. The van der Waals surface area contributed by atoms with Gasteiger partial charge in [0.1, 0.15) is 4.90 Å². The number of nitrogens with one attached hydrogen (secondary N) is 1. The number of morpholine rings is 1. The molecule has 1 aliphatic rings. The second kappa shape index (κ2) is 6.36. The first kappa shape index (κ1) is 16.3. The van der Waals surface area contributed by atoms with Crippen molar-refractivity contribution in [3.8, 4) is 0 Å². The zero-order valence-corrected chi connectivity index (χ0v) is 13.1. The van der Waals surface area contributed by atoms with Gasteiger partial charge in [0.25, 0.3) is 10.0 Å². The Labute approximate surface area is 128 Å². The van der Waals surface area contributed by atoms with E-state index in [0.29, 0.717) is 26.3 Å². The summed E-state index contributed by atoms with van der Waals surface area (Å²) in [5.41, 5.74) is -0.716. The molecule has 21 heavy (non-hydrogen) atoms. The number of hydrazine groups is 1. The van der Waals surface area contributed by atoms with E-state index in [9.17, 15) is 17.6 Å². The summed E-state index contributed by atoms with van der Waals surface area (Å²) in [4.78, 5) is 12.4. The average Bonchev–Trinajstić information content (AvgIpc) is 2.41. The van der Waals surface area contributed by atoms with Crippen molar-refractivity contribution in [2.24, 2.45) is 0 Å². The lowest BCUT2D eigenvalue weighted by molar-refractivity contribution is 0.0272. The van der Waals surface area contributed by atoms with Crippen molar-refractivity contribution in [1.82, 2.24) is 9.84 Å². The predicted molar refractivity (Wildman–Crippen MR) is 73.8 cm³/mol. The van der Waals surface area contributed by atoms with Crippen molar-refractivity contribution >= 4 is 31.9 Å². The maximum Gasteiger partial charge on any atom is 0.338 e. The Kier molecular flexibility index (Phi) is 4.94. The van der Waals surface area contributed by atoms with Gasteiger partial charge in [-0.1, -0.05) is 15.9 Å². The van der Waals surface area contributed by atoms with Crippen molar-refractivity contribution in [3.05, 3.63) is 28.0 Å². The van der Waals surface area contributed by atoms with Crippen LogP contribution in [0.1, 0.15) is 10.4 Å². The van der Waals surface area contributed by atoms with Gasteiger partial charge in [-0.05, 0) is 12.1 Å². The van der Waals surface area contributed by atoms with Crippen LogP contribution in [0.15, 0.2) is 21.5 Å². The predicted octanol–water partition coefficient (Wildman–Crippen LogP) is 0.812. The number of hydrogen-bond acceptors (Lipinski definition) is 5. The second-order valence-electron chi connectivity index (χ2n) is 4.26. The quantitative estimate of drug-likeness (QED) is 0.799. The topological polar surface area (TPSA) is 95.9 Å². The zero-order chi connectivity index (χ0) is 15.6. The molecule has 2 rings (SSSR count). The van der Waals surface area contributed by atoms with Gasteiger partial charge in [-0.25, -0.2) is 22.6 Å². The van der Waals surface area contributed by atoms with E-state index in [0.717, 1.165) is 12.1 Å². The molecule has 116 valence electrons. The van der Waals surface area contributed by atoms with Gasteiger partial charge in [-0.3, -0.25) is 0 Å². The van der Waals surface area contributed by atoms with Crippen LogP contribution in [0.2, 0.25) is 0 Å². The summed E-state index contributed by atoms with van der Waals surface area (Å²) in [5, 5.41) is 10.3. The molecule has 1 aromatic rings. The number of carbonyl (C=O) groups is 1. The first-order chi connectivity index (χ1) is 9.81. The fourth-order valence-corrected chi connectivity index (χ4v) is 3.65. The number of rotatable bonds is 4. The van der Waals surface area contributed by atoms with Crippen molar-refractivity contribution in [2.75, 3.05) is 26.3 Å². The molecule has 2 N–H and O–H groups in total. The van der Waals surface area contributed by atoms with Crippen molar-refractivity contribution in [1.29, 1.82) is 0 Å². The molecule has 1 aliphatic heterocycles. The fraction of sp³-hybridized carbons (Fsp3) is 0.364. The Balaban J connectivity index is 2.37. The Morgan fingerprint density at radius 3 is 2.57 bits per heavy atom. The van der Waals surface area contributed by atoms with Gasteiger partial charge in [0.15, 0.2) is 5.82 Å². The molecule has 0 atom stereocenters. The number of ether oxygens (including phenoxy) is 1. The number of hydrogen-bond donors (Lipinski definition) is 2. The van der Waals surface area contributed by atoms with Crippen LogP contribution in [0.25, 0.3) is 0 Å². The van der Waals surface area contributed by atoms with Crippen LogP contribution in [0.5, 0.6) is 0 Å². The molecule has 1 heterocycles. The summed E-state index contributed by atoms with van der Waals surface area (Å²) >= 11 is 2.98. The van der Waals surface area contributed by atoms with Crippen LogP contribution in [0.4, 0.5) is 4.39 Å². The summed E-state index contributed by atoms with van der Waals surface area (Å²) < 4.78 is 43.7. The van der Waals surface area contributed by atoms with E-state index in [2.05, 4.69) is 20.8 Å². The molecular weight excluding hydrogens is 371 g/mol. The number of nitrogens with zero attached hydrogens (tertiary/aromatic N) is 1. The van der Waals surface area contributed by atoms with Crippen LogP contribution in [-0.4, -0.2) is 50.8 Å². The number of carboxylic acid groups (broad SMARTS) is 1. The number of aromatic carboxylic acids is 1. The number of carboxylic acids is 1. The van der Waals surface area contributed by atoms with E-state index in [1.165, 1.54) is 5.01 Å². The van der Waals surface area contributed by atoms with Gasteiger partial charge in [0, 0.05) is 17.6 Å². The summed E-state index contributed by atoms with van der Waals surface area (Å²) in [5.74, 6) is -2.84. The van der Waals surface area contributed by atoms with E-state index in [-0.39, 0.29) is 4.47 Å². The second-order valence-corrected chi connectivity index (χ2v) is 6.81. The van der Waals surface area contributed by atoms with Gasteiger partial charge in [0.05, 0.1) is 18.8 Å². The molecule has 0 unspecified atom stereocenters. The molecule has 1 aromatic carbocycles. The van der Waals surface area contributed by atoms with Crippen LogP contribution in [0.3, 0.4) is 0 Å². The van der Waals surface area contributed by atoms with Crippen LogP contribution >= 0.6 is 15.9 Å². The summed E-state index contributed by atoms with van der Waals surface area (Å²) in [6, 6.07) is 2.02. The SMILES string of the molecule is O=C(O)c1cc(Br)cc(S(=O)(=O)NN2CCOCC2)c1F. The highest BCUT2D eigenvalue weighted by atomic mass is 79.9. The lowest BCUT2D eigenvalue weighted by atomic mass is 10.2. The van der Waals surface area contributed by atoms with Gasteiger partial charge < -0.3 is 9.84 Å². The highest BCUT2D eigenvalue weighted by molar-refractivity contribution is 9.10. The number of benzene rings is 1. The minimum absolute atomic E-state index is 0.156. The van der Waals surface area contributed by atoms with E-state index in [1.54, 1.807) is 0 Å². The minimum atomic E-state index is -4.22. The van der Waals surface area contributed by atoms with Gasteiger partial charge in [0.2, 0.25) is 0 Å². The van der Waals surface area contributed by atoms with E-state index < -0.39 is 32.3 Å². The molecule has 0 radical (unpaired) electrons. The Hall–Kier alpha value is -1.07. The Bertz CT molecular complexity index is 661. The van der Waals surface area contributed by atoms with Crippen molar-refractivity contribution < 1.29 is 27.4 Å². The fourth-order valence-electron chi connectivity index (χ4n) is 1.79. The molecule has 0 aromatic heterocycles. The lowest BCUT2D eigenvalue weighted by Crippen LogP contribution is -2.48. The van der Waals surface area contributed by atoms with Gasteiger partial charge in [-0.2, -0.15) is 0 Å². The highest BCUT2D eigenvalue weighted by Gasteiger charge is 2.27. The summed E-state index contributed by atoms with van der Waals surface area (Å²) in [7, 11) is -4.22. The smallest absolute Gasteiger partial charge is 0.338 e. The molecule has 0 amide bonds. The third kappa shape index (κ3) is 3.77. The molecule has 0 spiro atoms. The maximum atomic E-state index is 14.1. The standard InChI is InChI=1S/C11H12BrFN2O5S/c12-7-5-8(11(16)17)10(13)9(6-7)21(18,19)14-15-1-3-20-4-2-15/h5-6,14H,1-4H2,(H,16,17). The van der Waals surface area contributed by atoms with Crippen molar-refractivity contribution in [2.45, 2.75) is 4.90 Å². The monoisotopic (exact) mass is 382 g/mol. The molecule has 7 nitrogen and oxygen atoms in total. The Morgan fingerprint density at radius 2 is 2.00 bits per heavy atom. The average molecular weight is 383 g/mol. The zero-order valence-electron chi connectivity index (χ0n) is 10.7. The van der Waals surface area contributed by atoms with Gasteiger partial charge >= 0.3 is 5.97 Å². The van der Waals surface area contributed by atoms with Crippen molar-refractivity contribution in [3.63, 3.8) is 0 Å². The van der Waals surface area contributed by atoms with Crippen LogP contribution in [-0.2, 0) is 14.8 Å². The third-order valence-corrected chi connectivity index (χ3v) is 4.62. The molecule has 10 heteroatoms. The summed E-state index contributed by atoms with van der Waals surface area (Å²) in [6.45, 7) is 1.34. The first-order valence-electron chi connectivity index (χ1n) is 5.89. The van der Waals surface area contributed by atoms with Crippen LogP contribution in [0, 0.1) is 5.82 Å². The highest BCUT2D eigenvalue weighted by Crippen LogP contribution is 2.24. The molecular formula is C11H12BrFN2O5S. The van der Waals surface area contributed by atoms with E-state index >= 15 is 0 Å². The molecule has 0 bridgehead atoms. The van der Waals surface area contributed by atoms with Gasteiger partial charge in [-0.15, -0.1) is 4.83 Å². The number of halogens is 2. The Morgan fingerprint density at radius 1 is 1.38 bits per heavy atom. The normalized spacial score (nSPS) is 16.9. The largest absolute Gasteiger partial charge is 0.478 e. The van der Waals surface area contributed by atoms with E-state index in [1.807, 2.05) is 0 Å². The minimum Gasteiger partial charge on any atom is -0.478 e.